The summed E-state index contributed by atoms with van der Waals surface area (Å²) in [6, 6.07) is -0.203. The second kappa shape index (κ2) is 5.57. The number of benzene rings is 1. The fourth-order valence-corrected chi connectivity index (χ4v) is 2.49. The first-order valence-electron chi connectivity index (χ1n) is 6.31. The maximum absolute atomic E-state index is 13.4. The molecule has 1 heterocycles. The van der Waals surface area contributed by atoms with Gasteiger partial charge in [0.2, 0.25) is 0 Å². The minimum Gasteiger partial charge on any atom is -0.507 e. The predicted octanol–water partition coefficient (Wildman–Crippen LogP) is 2.35. The number of hydrogen-bond acceptors (Lipinski definition) is 3. The molecule has 0 saturated carbocycles. The Hall–Kier alpha value is -1.34. The van der Waals surface area contributed by atoms with Gasteiger partial charge in [0.05, 0.1) is 0 Å². The molecule has 112 valence electrons. The molecule has 0 amide bonds. The number of hydrogen-bond donors (Lipinski definition) is 2. The molecule has 1 atom stereocenters. The molecule has 1 aromatic rings. The van der Waals surface area contributed by atoms with Crippen molar-refractivity contribution in [2.75, 3.05) is 26.2 Å². The Morgan fingerprint density at radius 3 is 2.40 bits per heavy atom. The van der Waals surface area contributed by atoms with Gasteiger partial charge in [0.25, 0.3) is 0 Å². The van der Waals surface area contributed by atoms with Crippen molar-refractivity contribution in [2.45, 2.75) is 19.1 Å². The van der Waals surface area contributed by atoms with Crippen LogP contribution in [0.3, 0.4) is 0 Å². The van der Waals surface area contributed by atoms with Gasteiger partial charge >= 0.3 is 6.18 Å². The fourth-order valence-electron chi connectivity index (χ4n) is 2.49. The van der Waals surface area contributed by atoms with E-state index in [9.17, 15) is 22.7 Å². The first-order chi connectivity index (χ1) is 9.30. The molecule has 1 aliphatic heterocycles. The van der Waals surface area contributed by atoms with Gasteiger partial charge in [-0.05, 0) is 24.6 Å². The Morgan fingerprint density at radius 2 is 1.85 bits per heavy atom. The van der Waals surface area contributed by atoms with Gasteiger partial charge in [0.1, 0.15) is 17.6 Å². The molecule has 0 unspecified atom stereocenters. The molecule has 0 spiro atoms. The van der Waals surface area contributed by atoms with Gasteiger partial charge in [-0.3, -0.25) is 4.90 Å². The van der Waals surface area contributed by atoms with E-state index in [4.69, 9.17) is 0 Å². The van der Waals surface area contributed by atoms with E-state index in [0.717, 1.165) is 12.1 Å². The zero-order valence-electron chi connectivity index (χ0n) is 11.0. The molecule has 2 N–H and O–H groups in total. The van der Waals surface area contributed by atoms with E-state index in [1.54, 1.807) is 0 Å². The van der Waals surface area contributed by atoms with Crippen molar-refractivity contribution in [1.82, 2.24) is 10.2 Å². The Bertz CT molecular complexity index is 484. The summed E-state index contributed by atoms with van der Waals surface area (Å²) in [4.78, 5) is 1.21. The average molecular weight is 292 g/mol. The minimum atomic E-state index is -4.57. The summed E-state index contributed by atoms with van der Waals surface area (Å²) in [6.45, 7) is 2.63. The van der Waals surface area contributed by atoms with Crippen molar-refractivity contribution >= 4 is 0 Å². The van der Waals surface area contributed by atoms with Gasteiger partial charge in [-0.2, -0.15) is 13.2 Å². The summed E-state index contributed by atoms with van der Waals surface area (Å²) >= 11 is 0. The van der Waals surface area contributed by atoms with E-state index in [2.05, 4.69) is 5.32 Å². The average Bonchev–Trinajstić information content (AvgIpc) is 2.35. The summed E-state index contributed by atoms with van der Waals surface area (Å²) in [7, 11) is 0. The number of phenols is 1. The highest BCUT2D eigenvalue weighted by Crippen LogP contribution is 2.42. The molecule has 0 aromatic heterocycles. The third-order valence-electron chi connectivity index (χ3n) is 3.42. The normalized spacial score (nSPS) is 19.1. The second-order valence-corrected chi connectivity index (χ2v) is 4.89. The van der Waals surface area contributed by atoms with Crippen LogP contribution >= 0.6 is 0 Å². The number of aromatic hydroxyl groups is 1. The summed E-state index contributed by atoms with van der Waals surface area (Å²) in [6.07, 6.45) is -4.57. The number of halogens is 4. The monoisotopic (exact) mass is 292 g/mol. The summed E-state index contributed by atoms with van der Waals surface area (Å²) in [5.74, 6) is -1.27. The largest absolute Gasteiger partial charge is 0.507 e. The molecule has 0 aliphatic carbocycles. The van der Waals surface area contributed by atoms with Crippen LogP contribution in [0.25, 0.3) is 0 Å². The predicted molar refractivity (Wildman–Crippen MR) is 66.0 cm³/mol. The van der Waals surface area contributed by atoms with Crippen LogP contribution in [0.5, 0.6) is 5.75 Å². The molecular weight excluding hydrogens is 276 g/mol. The Morgan fingerprint density at radius 1 is 1.25 bits per heavy atom. The topological polar surface area (TPSA) is 35.5 Å². The number of nitrogens with zero attached hydrogens (tertiary/aromatic N) is 1. The van der Waals surface area contributed by atoms with E-state index in [-0.39, 0.29) is 18.7 Å². The van der Waals surface area contributed by atoms with Gasteiger partial charge in [0.15, 0.2) is 0 Å². The van der Waals surface area contributed by atoms with Crippen LogP contribution in [-0.4, -0.2) is 42.4 Å². The molecule has 1 fully saturated rings. The van der Waals surface area contributed by atoms with Gasteiger partial charge in [-0.25, -0.2) is 4.39 Å². The maximum Gasteiger partial charge on any atom is 0.408 e. The molecule has 0 radical (unpaired) electrons. The summed E-state index contributed by atoms with van der Waals surface area (Å²) in [5, 5.41) is 12.8. The Kier molecular flexibility index (Phi) is 4.19. The number of aryl methyl sites for hydroxylation is 1. The minimum absolute atomic E-state index is 0.101. The zero-order chi connectivity index (χ0) is 14.9. The molecule has 20 heavy (non-hydrogen) atoms. The van der Waals surface area contributed by atoms with E-state index in [1.807, 2.05) is 0 Å². The molecule has 3 nitrogen and oxygen atoms in total. The van der Waals surface area contributed by atoms with Crippen molar-refractivity contribution in [1.29, 1.82) is 0 Å². The molecule has 7 heteroatoms. The van der Waals surface area contributed by atoms with Gasteiger partial charge in [-0.1, -0.05) is 0 Å². The molecule has 2 rings (SSSR count). The van der Waals surface area contributed by atoms with Crippen molar-refractivity contribution in [3.63, 3.8) is 0 Å². The number of nitrogens with one attached hydrogen (secondary N) is 1. The van der Waals surface area contributed by atoms with Crippen LogP contribution in [0.1, 0.15) is 17.2 Å². The van der Waals surface area contributed by atoms with Crippen LogP contribution in [0.15, 0.2) is 12.1 Å². The number of piperazine rings is 1. The van der Waals surface area contributed by atoms with E-state index < -0.39 is 29.3 Å². The summed E-state index contributed by atoms with van der Waals surface area (Å²) in [5.41, 5.74) is -0.318. The van der Waals surface area contributed by atoms with Crippen molar-refractivity contribution in [2.24, 2.45) is 0 Å². The van der Waals surface area contributed by atoms with Crippen LogP contribution in [-0.2, 0) is 0 Å². The highest BCUT2D eigenvalue weighted by atomic mass is 19.4. The lowest BCUT2D eigenvalue weighted by molar-refractivity contribution is -0.188. The lowest BCUT2D eigenvalue weighted by atomic mass is 9.99. The van der Waals surface area contributed by atoms with Gasteiger partial charge < -0.3 is 10.4 Å². The maximum atomic E-state index is 13.4. The van der Waals surface area contributed by atoms with Crippen LogP contribution in [0.2, 0.25) is 0 Å². The lowest BCUT2D eigenvalue weighted by Gasteiger charge is -2.36. The van der Waals surface area contributed by atoms with E-state index in [1.165, 1.54) is 11.8 Å². The second-order valence-electron chi connectivity index (χ2n) is 4.89. The molecule has 0 bridgehead atoms. The van der Waals surface area contributed by atoms with Gasteiger partial charge in [-0.15, -0.1) is 0 Å². The lowest BCUT2D eigenvalue weighted by Crippen LogP contribution is -2.49. The zero-order valence-corrected chi connectivity index (χ0v) is 11.0. The first-order valence-corrected chi connectivity index (χ1v) is 6.31. The highest BCUT2D eigenvalue weighted by Gasteiger charge is 2.46. The number of alkyl halides is 3. The third-order valence-corrected chi connectivity index (χ3v) is 3.42. The number of rotatable bonds is 2. The van der Waals surface area contributed by atoms with E-state index >= 15 is 0 Å². The first kappa shape index (κ1) is 15.1. The summed E-state index contributed by atoms with van der Waals surface area (Å²) < 4.78 is 53.4. The molecule has 1 aromatic carbocycles. The van der Waals surface area contributed by atoms with Crippen molar-refractivity contribution < 1.29 is 22.7 Å². The Balaban J connectivity index is 2.46. The molecule has 1 aliphatic rings. The van der Waals surface area contributed by atoms with Crippen LogP contribution < -0.4 is 5.32 Å². The number of phenolic OH excluding ortho intramolecular Hbond substituents is 1. The quantitative estimate of drug-likeness (QED) is 0.821. The van der Waals surface area contributed by atoms with Crippen LogP contribution in [0, 0.1) is 12.7 Å². The van der Waals surface area contributed by atoms with Crippen LogP contribution in [0.4, 0.5) is 17.6 Å². The molecule has 1 saturated heterocycles. The van der Waals surface area contributed by atoms with E-state index in [0.29, 0.717) is 13.1 Å². The highest BCUT2D eigenvalue weighted by molar-refractivity contribution is 5.42. The molecular formula is C13H16F4N2O. The fraction of sp³-hybridized carbons (Fsp3) is 0.538. The standard InChI is InChI=1S/C13H16F4N2O/c1-8-6-9(14)7-10(11(8)20)12(13(15,16)17)19-4-2-18-3-5-19/h6-7,12,18,20H,2-5H2,1H3/t12-/m1/s1. The van der Waals surface area contributed by atoms with Crippen molar-refractivity contribution in [3.05, 3.63) is 29.1 Å². The third kappa shape index (κ3) is 3.04. The smallest absolute Gasteiger partial charge is 0.408 e. The van der Waals surface area contributed by atoms with Crippen molar-refractivity contribution in [3.8, 4) is 5.75 Å². The van der Waals surface area contributed by atoms with Gasteiger partial charge in [0, 0.05) is 31.7 Å². The Labute approximate surface area is 114 Å². The SMILES string of the molecule is Cc1cc(F)cc([C@@H](N2CCNCC2)C(F)(F)F)c1O.